The van der Waals surface area contributed by atoms with Crippen LogP contribution in [0.25, 0.3) is 0 Å². The number of aliphatic hydroxyl groups excluding tert-OH is 2. The fraction of sp³-hybridized carbons (Fsp3) is 0.517. The Morgan fingerprint density at radius 1 is 1.26 bits per heavy atom. The lowest BCUT2D eigenvalue weighted by molar-refractivity contribution is -0.144. The molecule has 5 rings (SSSR count). The summed E-state index contributed by atoms with van der Waals surface area (Å²) in [4.78, 5) is 19.4. The van der Waals surface area contributed by atoms with Gasteiger partial charge in [0.15, 0.2) is 5.13 Å². The number of methoxy groups -OCH3 is 2. The van der Waals surface area contributed by atoms with Crippen LogP contribution < -0.4 is 20.1 Å². The van der Waals surface area contributed by atoms with Crippen molar-refractivity contribution in [3.63, 3.8) is 0 Å². The van der Waals surface area contributed by atoms with Gasteiger partial charge in [0, 0.05) is 28.7 Å². The summed E-state index contributed by atoms with van der Waals surface area (Å²) in [6.45, 7) is 4.37. The largest absolute Gasteiger partial charge is 0.497 e. The number of furan rings is 1. The van der Waals surface area contributed by atoms with Crippen LogP contribution in [0.1, 0.15) is 55.4 Å². The first-order valence-electron chi connectivity index (χ1n) is 13.3. The highest BCUT2D eigenvalue weighted by molar-refractivity contribution is 7.15. The van der Waals surface area contributed by atoms with Crippen LogP contribution in [0.15, 0.2) is 41.0 Å². The van der Waals surface area contributed by atoms with Crippen molar-refractivity contribution in [3.8, 4) is 11.5 Å². The van der Waals surface area contributed by atoms with Gasteiger partial charge in [-0.1, -0.05) is 13.8 Å². The van der Waals surface area contributed by atoms with Gasteiger partial charge in [0.1, 0.15) is 17.3 Å². The van der Waals surface area contributed by atoms with Crippen molar-refractivity contribution >= 4 is 28.1 Å². The molecule has 0 unspecified atom stereocenters. The molecular formula is C29H37N3O6S. The molecule has 10 heteroatoms. The zero-order chi connectivity index (χ0) is 27.8. The highest BCUT2D eigenvalue weighted by atomic mass is 32.1. The molecule has 0 saturated heterocycles. The van der Waals surface area contributed by atoms with Crippen LogP contribution >= 0.6 is 11.3 Å². The van der Waals surface area contributed by atoms with Crippen LogP contribution in [0.5, 0.6) is 11.5 Å². The molecule has 1 aromatic carbocycles. The zero-order valence-corrected chi connectivity index (χ0v) is 23.6. The number of amides is 1. The van der Waals surface area contributed by atoms with E-state index in [0.717, 1.165) is 22.7 Å². The third-order valence-corrected chi connectivity index (χ3v) is 9.98. The van der Waals surface area contributed by atoms with Crippen molar-refractivity contribution in [2.24, 2.45) is 16.7 Å². The van der Waals surface area contributed by atoms with Gasteiger partial charge < -0.3 is 34.7 Å². The molecule has 1 saturated carbocycles. The van der Waals surface area contributed by atoms with Crippen molar-refractivity contribution in [1.29, 1.82) is 0 Å². The molecule has 4 N–H and O–H groups in total. The summed E-state index contributed by atoms with van der Waals surface area (Å²) in [6.07, 6.45) is 3.23. The molecule has 39 heavy (non-hydrogen) atoms. The van der Waals surface area contributed by atoms with E-state index in [1.54, 1.807) is 37.9 Å². The minimum atomic E-state index is -0.679. The van der Waals surface area contributed by atoms with E-state index in [-0.39, 0.29) is 36.2 Å². The summed E-state index contributed by atoms with van der Waals surface area (Å²) in [5.41, 5.74) is 0.634. The van der Waals surface area contributed by atoms with Crippen LogP contribution in [0.3, 0.4) is 0 Å². The minimum Gasteiger partial charge on any atom is -0.497 e. The van der Waals surface area contributed by atoms with E-state index >= 15 is 0 Å². The van der Waals surface area contributed by atoms with E-state index < -0.39 is 11.5 Å². The Balaban J connectivity index is 1.50. The number of carbonyl (C=O) groups is 1. The van der Waals surface area contributed by atoms with Crippen molar-refractivity contribution in [1.82, 2.24) is 10.3 Å². The SMILES string of the molecule is COc1ccc(OC)c(Nc2nc3c(s2)C[C@@H]2[C@](C)(CO)[C@H](O)CC[C@@]2(C)[C@@H]3CC(=O)NCc2ccco2)c1. The average Bonchev–Trinajstić information content (AvgIpc) is 3.60. The first kappa shape index (κ1) is 27.5. The second-order valence-electron chi connectivity index (χ2n) is 11.1. The molecular weight excluding hydrogens is 518 g/mol. The summed E-state index contributed by atoms with van der Waals surface area (Å²) >= 11 is 1.54. The number of benzene rings is 1. The Hall–Kier alpha value is -3.08. The second-order valence-corrected chi connectivity index (χ2v) is 12.2. The number of hydrogen-bond donors (Lipinski definition) is 4. The fourth-order valence-corrected chi connectivity index (χ4v) is 7.66. The van der Waals surface area contributed by atoms with Gasteiger partial charge in [0.25, 0.3) is 0 Å². The van der Waals surface area contributed by atoms with Gasteiger partial charge >= 0.3 is 0 Å². The number of aliphatic hydroxyl groups is 2. The van der Waals surface area contributed by atoms with Crippen LogP contribution in [-0.2, 0) is 17.8 Å². The summed E-state index contributed by atoms with van der Waals surface area (Å²) < 4.78 is 16.3. The molecule has 0 spiro atoms. The van der Waals surface area contributed by atoms with Crippen molar-refractivity contribution in [2.45, 2.75) is 58.1 Å². The summed E-state index contributed by atoms with van der Waals surface area (Å²) in [5.74, 6) is 1.76. The van der Waals surface area contributed by atoms with Crippen molar-refractivity contribution in [3.05, 3.63) is 52.9 Å². The Bertz CT molecular complexity index is 1310. The topological polar surface area (TPSA) is 126 Å². The van der Waals surface area contributed by atoms with E-state index in [0.29, 0.717) is 41.8 Å². The smallest absolute Gasteiger partial charge is 0.221 e. The summed E-state index contributed by atoms with van der Waals surface area (Å²) in [7, 11) is 3.23. The lowest BCUT2D eigenvalue weighted by Crippen LogP contribution is -2.57. The number of nitrogens with one attached hydrogen (secondary N) is 2. The maximum absolute atomic E-state index is 13.3. The van der Waals surface area contributed by atoms with Gasteiger partial charge in [0.2, 0.25) is 5.91 Å². The Kier molecular flexibility index (Phi) is 7.63. The highest BCUT2D eigenvalue weighted by Crippen LogP contribution is 2.63. The van der Waals surface area contributed by atoms with Gasteiger partial charge in [-0.25, -0.2) is 4.98 Å². The van der Waals surface area contributed by atoms with E-state index in [9.17, 15) is 15.0 Å². The predicted molar refractivity (Wildman–Crippen MR) is 149 cm³/mol. The highest BCUT2D eigenvalue weighted by Gasteiger charge is 2.59. The van der Waals surface area contributed by atoms with E-state index in [4.69, 9.17) is 18.9 Å². The normalized spacial score (nSPS) is 27.8. The predicted octanol–water partition coefficient (Wildman–Crippen LogP) is 4.62. The molecule has 0 aliphatic heterocycles. The molecule has 1 amide bonds. The molecule has 210 valence electrons. The number of thiazole rings is 1. The number of ether oxygens (including phenoxy) is 2. The number of aromatic nitrogens is 1. The number of anilines is 2. The Labute approximate surface area is 232 Å². The first-order chi connectivity index (χ1) is 18.7. The van der Waals surface area contributed by atoms with E-state index in [1.807, 2.05) is 31.2 Å². The quantitative estimate of drug-likeness (QED) is 0.301. The van der Waals surface area contributed by atoms with Crippen LogP contribution in [0, 0.1) is 16.7 Å². The second kappa shape index (κ2) is 10.8. The van der Waals surface area contributed by atoms with Crippen molar-refractivity contribution < 1.29 is 28.9 Å². The van der Waals surface area contributed by atoms with Gasteiger partial charge in [-0.2, -0.15) is 0 Å². The summed E-state index contributed by atoms with van der Waals surface area (Å²) in [6, 6.07) is 9.16. The molecule has 0 radical (unpaired) electrons. The fourth-order valence-electron chi connectivity index (χ4n) is 6.58. The Morgan fingerprint density at radius 3 is 2.77 bits per heavy atom. The lowest BCUT2D eigenvalue weighted by atomic mass is 9.47. The molecule has 2 aliphatic rings. The number of rotatable bonds is 9. The van der Waals surface area contributed by atoms with Crippen LogP contribution in [0.4, 0.5) is 10.8 Å². The molecule has 2 heterocycles. The Morgan fingerprint density at radius 2 is 2.08 bits per heavy atom. The first-order valence-corrected chi connectivity index (χ1v) is 14.1. The molecule has 3 aromatic rings. The number of nitrogens with zero attached hydrogens (tertiary/aromatic N) is 1. The molecule has 2 aromatic heterocycles. The monoisotopic (exact) mass is 555 g/mol. The molecule has 0 bridgehead atoms. The maximum atomic E-state index is 13.3. The number of carbonyl (C=O) groups excluding carboxylic acids is 1. The lowest BCUT2D eigenvalue weighted by Gasteiger charge is -2.58. The van der Waals surface area contributed by atoms with Gasteiger partial charge in [-0.3, -0.25) is 4.79 Å². The maximum Gasteiger partial charge on any atom is 0.221 e. The third-order valence-electron chi connectivity index (χ3n) is 8.97. The van der Waals surface area contributed by atoms with E-state index in [1.165, 1.54) is 0 Å². The van der Waals surface area contributed by atoms with Crippen LogP contribution in [0.2, 0.25) is 0 Å². The summed E-state index contributed by atoms with van der Waals surface area (Å²) in [5, 5.41) is 28.6. The third kappa shape index (κ3) is 5.01. The van der Waals surface area contributed by atoms with Gasteiger partial charge in [-0.15, -0.1) is 11.3 Å². The standard InChI is InChI=1S/C29H37N3O6S/c1-28-10-9-24(34)29(2,16-33)23(28)14-22-26(19(28)13-25(35)30-15-18-6-5-11-38-18)32-27(39-22)31-20-12-17(36-3)7-8-21(20)37-4/h5-8,11-12,19,23-24,33-34H,9-10,13-16H2,1-4H3,(H,30,35)(H,31,32)/t19-,23+,24-,28+,29+/m1/s1. The van der Waals surface area contributed by atoms with Crippen LogP contribution in [-0.4, -0.2) is 48.0 Å². The average molecular weight is 556 g/mol. The molecule has 2 aliphatic carbocycles. The van der Waals surface area contributed by atoms with Gasteiger partial charge in [0.05, 0.1) is 51.1 Å². The molecule has 9 nitrogen and oxygen atoms in total. The molecule has 5 atom stereocenters. The number of hydrogen-bond acceptors (Lipinski definition) is 9. The minimum absolute atomic E-state index is 0.0196. The van der Waals surface area contributed by atoms with E-state index in [2.05, 4.69) is 17.6 Å². The van der Waals surface area contributed by atoms with Crippen molar-refractivity contribution in [2.75, 3.05) is 26.1 Å². The zero-order valence-electron chi connectivity index (χ0n) is 22.8. The molecule has 1 fully saturated rings. The van der Waals surface area contributed by atoms with Gasteiger partial charge in [-0.05, 0) is 54.9 Å². The number of fused-ring (bicyclic) bond motifs is 2.